The van der Waals surface area contributed by atoms with Gasteiger partial charge in [0.2, 0.25) is 0 Å². The predicted octanol–water partition coefficient (Wildman–Crippen LogP) is 5.83. The first-order valence-electron chi connectivity index (χ1n) is 10.8. The third-order valence-electron chi connectivity index (χ3n) is 5.69. The van der Waals surface area contributed by atoms with Gasteiger partial charge in [-0.05, 0) is 60.0 Å². The van der Waals surface area contributed by atoms with Crippen molar-refractivity contribution in [2.75, 3.05) is 0 Å². The number of rotatable bonds is 5. The second kappa shape index (κ2) is 9.64. The molecule has 4 aromatic rings. The van der Waals surface area contributed by atoms with Crippen molar-refractivity contribution in [3.8, 4) is 0 Å². The van der Waals surface area contributed by atoms with E-state index in [1.807, 2.05) is 41.2 Å². The normalized spacial score (nSPS) is 13.4. The van der Waals surface area contributed by atoms with Gasteiger partial charge in [-0.3, -0.25) is 9.48 Å². The van der Waals surface area contributed by atoms with Crippen LogP contribution >= 0.6 is 34.5 Å². The Balaban J connectivity index is 1.40. The van der Waals surface area contributed by atoms with Gasteiger partial charge in [0, 0.05) is 26.4 Å². The molecule has 178 valence electrons. The summed E-state index contributed by atoms with van der Waals surface area (Å²) in [6.07, 6.45) is 5.40. The van der Waals surface area contributed by atoms with E-state index in [1.54, 1.807) is 18.2 Å². The molecule has 5 rings (SSSR count). The van der Waals surface area contributed by atoms with Gasteiger partial charge < -0.3 is 0 Å². The van der Waals surface area contributed by atoms with Gasteiger partial charge in [0.25, 0.3) is 15.9 Å². The molecule has 0 fully saturated rings. The van der Waals surface area contributed by atoms with E-state index >= 15 is 0 Å². The molecule has 0 radical (unpaired) electrons. The number of benzene rings is 2. The Bertz CT molecular complexity index is 1600. The van der Waals surface area contributed by atoms with Crippen LogP contribution in [0.5, 0.6) is 0 Å². The highest BCUT2D eigenvalue weighted by atomic mass is 35.5. The van der Waals surface area contributed by atoms with Crippen LogP contribution in [0.3, 0.4) is 0 Å². The number of carbonyl (C=O) groups excluding carboxylic acids is 1. The summed E-state index contributed by atoms with van der Waals surface area (Å²) in [6.45, 7) is 0.434. The van der Waals surface area contributed by atoms with Crippen LogP contribution in [0.1, 0.15) is 29.7 Å². The Kier molecular flexibility index (Phi) is 6.57. The van der Waals surface area contributed by atoms with Crippen molar-refractivity contribution < 1.29 is 13.2 Å². The molecule has 0 atom stereocenters. The van der Waals surface area contributed by atoms with Crippen molar-refractivity contribution in [1.29, 1.82) is 0 Å². The number of thiophene rings is 1. The number of hydrogen-bond donors (Lipinski definition) is 1. The summed E-state index contributed by atoms with van der Waals surface area (Å²) in [5.74, 6) is -0.756. The minimum atomic E-state index is -3.99. The fourth-order valence-corrected chi connectivity index (χ4v) is 6.86. The second-order valence-corrected chi connectivity index (χ2v) is 11.9. The van der Waals surface area contributed by atoms with Crippen LogP contribution in [0.15, 0.2) is 70.7 Å². The van der Waals surface area contributed by atoms with E-state index in [0.717, 1.165) is 62.7 Å². The molecule has 2 aromatic heterocycles. The second-order valence-electron chi connectivity index (χ2n) is 8.11. The number of aromatic nitrogens is 2. The average molecular weight is 544 g/mol. The quantitative estimate of drug-likeness (QED) is 0.253. The number of nitrogens with one attached hydrogen (secondary N) is 1. The maximum absolute atomic E-state index is 12.7. The van der Waals surface area contributed by atoms with Crippen molar-refractivity contribution >= 4 is 66.1 Å². The van der Waals surface area contributed by atoms with Gasteiger partial charge >= 0.3 is 0 Å². The Morgan fingerprint density at radius 1 is 1.17 bits per heavy atom. The maximum Gasteiger partial charge on any atom is 0.273 e. The molecule has 1 aliphatic carbocycles. The van der Waals surface area contributed by atoms with Crippen molar-refractivity contribution in [1.82, 2.24) is 14.5 Å². The molecule has 1 aliphatic rings. The van der Waals surface area contributed by atoms with Crippen LogP contribution in [0.25, 0.3) is 15.7 Å². The molecule has 1 N–H and O–H groups in total. The number of nitrogens with zero attached hydrogens (tertiary/aromatic N) is 2. The molecular formula is C25H19Cl2N3O3S2. The largest absolute Gasteiger partial charge is 0.273 e. The lowest BCUT2D eigenvalue weighted by atomic mass is 9.93. The molecule has 35 heavy (non-hydrogen) atoms. The SMILES string of the molecule is O=C(C=C=C1CCCc2cnn(Cc3ccc(Cl)cc3Cl)c21)NS(=O)(=O)c1cc2ccccc2s1. The van der Waals surface area contributed by atoms with Crippen molar-refractivity contribution in [2.45, 2.75) is 30.0 Å². The smallest absolute Gasteiger partial charge is 0.268 e. The van der Waals surface area contributed by atoms with Gasteiger partial charge in [-0.15, -0.1) is 17.1 Å². The third kappa shape index (κ3) is 5.08. The molecule has 0 unspecified atom stereocenters. The first-order valence-corrected chi connectivity index (χ1v) is 13.9. The van der Waals surface area contributed by atoms with E-state index in [1.165, 1.54) is 0 Å². The van der Waals surface area contributed by atoms with Crippen LogP contribution in [-0.2, 0) is 27.8 Å². The van der Waals surface area contributed by atoms with Crippen molar-refractivity contribution in [2.24, 2.45) is 0 Å². The van der Waals surface area contributed by atoms with Gasteiger partial charge in [-0.2, -0.15) is 5.10 Å². The van der Waals surface area contributed by atoms with Gasteiger partial charge in [0.05, 0.1) is 18.4 Å². The number of halogens is 2. The molecule has 0 bridgehead atoms. The van der Waals surface area contributed by atoms with Gasteiger partial charge in [0.1, 0.15) is 4.21 Å². The van der Waals surface area contributed by atoms with Crippen LogP contribution in [0, 0.1) is 0 Å². The minimum Gasteiger partial charge on any atom is -0.268 e. The van der Waals surface area contributed by atoms with Crippen LogP contribution in [0.4, 0.5) is 0 Å². The number of amides is 1. The van der Waals surface area contributed by atoms with E-state index in [4.69, 9.17) is 23.2 Å². The molecule has 0 saturated heterocycles. The first kappa shape index (κ1) is 23.9. The highest BCUT2D eigenvalue weighted by molar-refractivity contribution is 7.92. The summed E-state index contributed by atoms with van der Waals surface area (Å²) in [4.78, 5) is 12.5. The van der Waals surface area contributed by atoms with Crippen LogP contribution in [-0.4, -0.2) is 24.1 Å². The summed E-state index contributed by atoms with van der Waals surface area (Å²) < 4.78 is 30.3. The highest BCUT2D eigenvalue weighted by Crippen LogP contribution is 2.32. The van der Waals surface area contributed by atoms with Gasteiger partial charge in [0.15, 0.2) is 0 Å². The Hall–Kier alpha value is -2.87. The molecule has 0 saturated carbocycles. The lowest BCUT2D eigenvalue weighted by molar-refractivity contribution is -0.114. The monoisotopic (exact) mass is 543 g/mol. The standard InChI is InChI=1S/C25H19Cl2N3O3S2/c26-20-10-8-19(21(27)13-20)15-30-25-16(5-3-6-18(25)14-28-30)9-11-23(31)29-35(32,33)24-12-17-4-1-2-7-22(17)34-24/h1-2,4,7-8,10-14H,3,5-6,15H2,(H,29,31). The maximum atomic E-state index is 12.7. The van der Waals surface area contributed by atoms with Gasteiger partial charge in [-0.1, -0.05) is 47.5 Å². The molecule has 6 nitrogen and oxygen atoms in total. The van der Waals surface area contributed by atoms with Gasteiger partial charge in [-0.25, -0.2) is 13.1 Å². The van der Waals surface area contributed by atoms with E-state index in [9.17, 15) is 13.2 Å². The number of fused-ring (bicyclic) bond motifs is 2. The molecule has 0 spiro atoms. The zero-order valence-electron chi connectivity index (χ0n) is 18.3. The fraction of sp³-hybridized carbons (Fsp3) is 0.160. The van der Waals surface area contributed by atoms with E-state index in [0.29, 0.717) is 23.0 Å². The minimum absolute atomic E-state index is 0.0889. The van der Waals surface area contributed by atoms with Crippen LogP contribution < -0.4 is 4.72 Å². The van der Waals surface area contributed by atoms with E-state index < -0.39 is 15.9 Å². The van der Waals surface area contributed by atoms with Crippen LogP contribution in [0.2, 0.25) is 10.0 Å². The Morgan fingerprint density at radius 2 is 2.00 bits per heavy atom. The zero-order chi connectivity index (χ0) is 24.6. The van der Waals surface area contributed by atoms with Crippen molar-refractivity contribution in [3.05, 3.63) is 93.4 Å². The Labute approximate surface area is 216 Å². The zero-order valence-corrected chi connectivity index (χ0v) is 21.4. The summed E-state index contributed by atoms with van der Waals surface area (Å²) in [7, 11) is -3.99. The third-order valence-corrected chi connectivity index (χ3v) is 9.21. The molecule has 1 amide bonds. The van der Waals surface area contributed by atoms with E-state index in [2.05, 4.69) is 15.6 Å². The lowest BCUT2D eigenvalue weighted by Crippen LogP contribution is -2.28. The molecule has 0 aliphatic heterocycles. The Morgan fingerprint density at radius 3 is 2.80 bits per heavy atom. The average Bonchev–Trinajstić information content (AvgIpc) is 3.44. The van der Waals surface area contributed by atoms with Crippen molar-refractivity contribution in [3.63, 3.8) is 0 Å². The summed E-state index contributed by atoms with van der Waals surface area (Å²) in [5, 5.41) is 6.42. The number of carbonyl (C=O) groups is 1. The summed E-state index contributed by atoms with van der Waals surface area (Å²) in [5.41, 5.74) is 6.60. The number of aryl methyl sites for hydroxylation is 1. The predicted molar refractivity (Wildman–Crippen MR) is 139 cm³/mol. The fourth-order valence-electron chi connectivity index (χ4n) is 4.06. The number of hydrogen-bond acceptors (Lipinski definition) is 5. The molecular weight excluding hydrogens is 525 g/mol. The summed E-state index contributed by atoms with van der Waals surface area (Å²) in [6, 6.07) is 14.2. The topological polar surface area (TPSA) is 81.1 Å². The molecule has 2 heterocycles. The number of sulfonamides is 1. The molecule has 10 heteroatoms. The summed E-state index contributed by atoms with van der Waals surface area (Å²) >= 11 is 13.5. The highest BCUT2D eigenvalue weighted by Gasteiger charge is 2.22. The lowest BCUT2D eigenvalue weighted by Gasteiger charge is -2.16. The van der Waals surface area contributed by atoms with E-state index in [-0.39, 0.29) is 4.21 Å². The molecule has 2 aromatic carbocycles. The first-order chi connectivity index (χ1) is 16.8.